The highest BCUT2D eigenvalue weighted by Crippen LogP contribution is 2.17. The molecule has 0 radical (unpaired) electrons. The van der Waals surface area contributed by atoms with Crippen molar-refractivity contribution in [1.82, 2.24) is 25.5 Å². The van der Waals surface area contributed by atoms with Gasteiger partial charge in [-0.2, -0.15) is 0 Å². The number of aromatic nitrogens is 4. The van der Waals surface area contributed by atoms with Gasteiger partial charge < -0.3 is 5.32 Å². The molecule has 2 aromatic heterocycles. The maximum Gasteiger partial charge on any atom is 0.280 e. The average Bonchev–Trinajstić information content (AvgIpc) is 3.03. The topological polar surface area (TPSA) is 83.6 Å². The Morgan fingerprint density at radius 1 is 1.50 bits per heavy atom. The van der Waals surface area contributed by atoms with E-state index in [0.29, 0.717) is 22.6 Å². The van der Waals surface area contributed by atoms with Crippen LogP contribution < -0.4 is 5.32 Å². The van der Waals surface area contributed by atoms with Gasteiger partial charge >= 0.3 is 0 Å². The number of nitrogens with one attached hydrogen (secondary N) is 2. The van der Waals surface area contributed by atoms with E-state index in [1.807, 2.05) is 12.3 Å². The van der Waals surface area contributed by atoms with Gasteiger partial charge in [0.2, 0.25) is 5.16 Å². The fraction of sp³-hybridized carbons (Fsp3) is 0.500. The Kier molecular flexibility index (Phi) is 5.13. The van der Waals surface area contributed by atoms with Gasteiger partial charge in [0.1, 0.15) is 5.82 Å². The quantitative estimate of drug-likeness (QED) is 0.631. The zero-order valence-corrected chi connectivity index (χ0v) is 13.3. The smallest absolute Gasteiger partial charge is 0.280 e. The Balaban J connectivity index is 1.74. The number of aryl methyl sites for hydroxylation is 1. The zero-order chi connectivity index (χ0) is 14.5. The van der Waals surface area contributed by atoms with Crippen LogP contribution in [0.2, 0.25) is 0 Å². The highest BCUT2D eigenvalue weighted by atomic mass is 32.2. The molecular formula is C12H17N5OS2. The minimum absolute atomic E-state index is 0.117. The molecule has 2 aromatic rings. The van der Waals surface area contributed by atoms with Crippen LogP contribution >= 0.6 is 23.1 Å². The van der Waals surface area contributed by atoms with E-state index in [1.165, 1.54) is 23.1 Å². The molecule has 0 aliphatic carbocycles. The van der Waals surface area contributed by atoms with Gasteiger partial charge in [-0.25, -0.2) is 9.97 Å². The molecule has 20 heavy (non-hydrogen) atoms. The summed E-state index contributed by atoms with van der Waals surface area (Å²) in [6.07, 6.45) is 0. The van der Waals surface area contributed by atoms with Crippen LogP contribution in [0.4, 0.5) is 0 Å². The molecule has 0 bridgehead atoms. The Labute approximate surface area is 125 Å². The molecule has 0 unspecified atom stereocenters. The number of thiazole rings is 1. The lowest BCUT2D eigenvalue weighted by Gasteiger charge is -2.01. The highest BCUT2D eigenvalue weighted by Gasteiger charge is 2.12. The molecule has 2 rings (SSSR count). The lowest BCUT2D eigenvalue weighted by atomic mass is 10.2. The molecule has 108 valence electrons. The Morgan fingerprint density at radius 2 is 2.30 bits per heavy atom. The second-order valence-electron chi connectivity index (χ2n) is 4.54. The van der Waals surface area contributed by atoms with Crippen LogP contribution in [0.5, 0.6) is 0 Å². The van der Waals surface area contributed by atoms with E-state index >= 15 is 0 Å². The van der Waals surface area contributed by atoms with E-state index in [4.69, 9.17) is 0 Å². The van der Waals surface area contributed by atoms with Crippen LogP contribution in [0, 0.1) is 6.92 Å². The van der Waals surface area contributed by atoms with Gasteiger partial charge in [-0.3, -0.25) is 9.89 Å². The number of nitrogens with zero attached hydrogens (tertiary/aromatic N) is 3. The number of amides is 1. The number of hydrogen-bond acceptors (Lipinski definition) is 6. The molecule has 0 spiro atoms. The minimum atomic E-state index is -0.117. The van der Waals surface area contributed by atoms with Gasteiger partial charge in [0.25, 0.3) is 5.91 Å². The van der Waals surface area contributed by atoms with Crippen molar-refractivity contribution in [2.45, 2.75) is 31.8 Å². The molecule has 0 atom stereocenters. The van der Waals surface area contributed by atoms with E-state index in [2.05, 4.69) is 39.3 Å². The van der Waals surface area contributed by atoms with Gasteiger partial charge in [0.15, 0.2) is 5.01 Å². The first kappa shape index (κ1) is 15.0. The predicted molar refractivity (Wildman–Crippen MR) is 80.4 cm³/mol. The number of rotatable bonds is 6. The molecule has 0 aliphatic heterocycles. The van der Waals surface area contributed by atoms with E-state index in [9.17, 15) is 4.79 Å². The van der Waals surface area contributed by atoms with E-state index in [1.54, 1.807) is 0 Å². The Hall–Kier alpha value is -1.41. The standard InChI is InChI=1S/C12H17N5OS2/c1-7(2)9-6-20-11(15-9)10(18)13-4-5-19-12-14-8(3)16-17-12/h6-7H,4-5H2,1-3H3,(H,13,18)(H,14,16,17). The van der Waals surface area contributed by atoms with Crippen molar-refractivity contribution in [1.29, 1.82) is 0 Å². The minimum Gasteiger partial charge on any atom is -0.349 e. The summed E-state index contributed by atoms with van der Waals surface area (Å²) in [5, 5.41) is 12.8. The van der Waals surface area contributed by atoms with Crippen LogP contribution in [0.1, 0.15) is 41.1 Å². The summed E-state index contributed by atoms with van der Waals surface area (Å²) in [7, 11) is 0. The summed E-state index contributed by atoms with van der Waals surface area (Å²) >= 11 is 2.89. The molecule has 0 fully saturated rings. The maximum absolute atomic E-state index is 11.9. The number of carbonyl (C=O) groups excluding carboxylic acids is 1. The van der Waals surface area contributed by atoms with Crippen molar-refractivity contribution in [2.24, 2.45) is 0 Å². The molecule has 2 N–H and O–H groups in total. The van der Waals surface area contributed by atoms with Crippen LogP contribution in [0.25, 0.3) is 0 Å². The third-order valence-corrected chi connectivity index (χ3v) is 4.21. The molecule has 0 aliphatic rings. The number of hydrogen-bond donors (Lipinski definition) is 2. The van der Waals surface area contributed by atoms with E-state index in [0.717, 1.165) is 17.3 Å². The van der Waals surface area contributed by atoms with Crippen molar-refractivity contribution in [3.05, 3.63) is 21.9 Å². The normalized spacial score (nSPS) is 11.0. The number of carbonyl (C=O) groups is 1. The lowest BCUT2D eigenvalue weighted by molar-refractivity contribution is 0.0955. The fourth-order valence-corrected chi connectivity index (χ4v) is 3.02. The highest BCUT2D eigenvalue weighted by molar-refractivity contribution is 7.99. The summed E-state index contributed by atoms with van der Waals surface area (Å²) in [6, 6.07) is 0. The van der Waals surface area contributed by atoms with Crippen LogP contribution in [-0.4, -0.2) is 38.4 Å². The van der Waals surface area contributed by atoms with Crippen molar-refractivity contribution >= 4 is 29.0 Å². The fourth-order valence-electron chi connectivity index (χ4n) is 1.42. The monoisotopic (exact) mass is 311 g/mol. The van der Waals surface area contributed by atoms with Crippen LogP contribution in [0.3, 0.4) is 0 Å². The number of H-pyrrole nitrogens is 1. The predicted octanol–water partition coefficient (Wildman–Crippen LogP) is 2.22. The molecule has 1 amide bonds. The van der Waals surface area contributed by atoms with Crippen molar-refractivity contribution < 1.29 is 4.79 Å². The maximum atomic E-state index is 11.9. The average molecular weight is 311 g/mol. The summed E-state index contributed by atoms with van der Waals surface area (Å²) in [5.74, 6) is 1.75. The van der Waals surface area contributed by atoms with Crippen molar-refractivity contribution in [3.8, 4) is 0 Å². The van der Waals surface area contributed by atoms with Gasteiger partial charge in [-0.1, -0.05) is 25.6 Å². The molecule has 6 nitrogen and oxygen atoms in total. The molecule has 0 aromatic carbocycles. The zero-order valence-electron chi connectivity index (χ0n) is 11.6. The first-order valence-electron chi connectivity index (χ1n) is 6.31. The molecule has 2 heterocycles. The summed E-state index contributed by atoms with van der Waals surface area (Å²) in [4.78, 5) is 20.4. The number of thioether (sulfide) groups is 1. The molecule has 0 saturated heterocycles. The second-order valence-corrected chi connectivity index (χ2v) is 6.46. The van der Waals surface area contributed by atoms with Gasteiger partial charge in [0.05, 0.1) is 5.69 Å². The van der Waals surface area contributed by atoms with Gasteiger partial charge in [0, 0.05) is 17.7 Å². The van der Waals surface area contributed by atoms with Crippen LogP contribution in [-0.2, 0) is 0 Å². The number of aromatic amines is 1. The van der Waals surface area contributed by atoms with Gasteiger partial charge in [-0.15, -0.1) is 16.4 Å². The second kappa shape index (κ2) is 6.85. The van der Waals surface area contributed by atoms with Crippen molar-refractivity contribution in [2.75, 3.05) is 12.3 Å². The Bertz CT molecular complexity index is 578. The summed E-state index contributed by atoms with van der Waals surface area (Å²) in [6.45, 7) is 6.54. The van der Waals surface area contributed by atoms with Gasteiger partial charge in [-0.05, 0) is 12.8 Å². The van der Waals surface area contributed by atoms with E-state index < -0.39 is 0 Å². The van der Waals surface area contributed by atoms with E-state index in [-0.39, 0.29) is 5.91 Å². The molecule has 8 heteroatoms. The summed E-state index contributed by atoms with van der Waals surface area (Å²) in [5.41, 5.74) is 0.964. The third kappa shape index (κ3) is 4.04. The SMILES string of the molecule is Cc1nc(SCCNC(=O)c2nc(C(C)C)cs2)n[nH]1. The van der Waals surface area contributed by atoms with Crippen LogP contribution in [0.15, 0.2) is 10.5 Å². The largest absolute Gasteiger partial charge is 0.349 e. The Morgan fingerprint density at radius 3 is 2.90 bits per heavy atom. The molecule has 0 saturated carbocycles. The third-order valence-electron chi connectivity index (χ3n) is 2.50. The summed E-state index contributed by atoms with van der Waals surface area (Å²) < 4.78 is 0. The first-order valence-corrected chi connectivity index (χ1v) is 8.18. The lowest BCUT2D eigenvalue weighted by Crippen LogP contribution is -2.25. The first-order chi connectivity index (χ1) is 9.56. The molecular weight excluding hydrogens is 294 g/mol. The van der Waals surface area contributed by atoms with Crippen molar-refractivity contribution in [3.63, 3.8) is 0 Å².